The van der Waals surface area contributed by atoms with Crippen molar-refractivity contribution in [2.45, 2.75) is 47.0 Å². The van der Waals surface area contributed by atoms with E-state index in [2.05, 4.69) is 13.8 Å². The molecule has 1 aromatic carbocycles. The van der Waals surface area contributed by atoms with Gasteiger partial charge in [-0.25, -0.2) is 4.79 Å². The molecular formula is C15H22O2. The van der Waals surface area contributed by atoms with Gasteiger partial charge >= 0.3 is 5.97 Å². The first kappa shape index (κ1) is 13.8. The Kier molecular flexibility index (Phi) is 5.20. The van der Waals surface area contributed by atoms with Crippen molar-refractivity contribution in [3.63, 3.8) is 0 Å². The topological polar surface area (TPSA) is 26.3 Å². The van der Waals surface area contributed by atoms with Crippen LogP contribution in [0.1, 0.15) is 53.2 Å². The number of ether oxygens (including phenoxy) is 1. The summed E-state index contributed by atoms with van der Waals surface area (Å²) in [5, 5.41) is 0. The number of benzene rings is 1. The molecule has 17 heavy (non-hydrogen) atoms. The fourth-order valence-corrected chi connectivity index (χ4v) is 1.77. The molecule has 0 N–H and O–H groups in total. The Morgan fingerprint density at radius 2 is 1.82 bits per heavy atom. The zero-order chi connectivity index (χ0) is 12.8. The molecule has 0 aliphatic rings. The van der Waals surface area contributed by atoms with Gasteiger partial charge in [-0.15, -0.1) is 0 Å². The smallest absolute Gasteiger partial charge is 0.338 e. The lowest BCUT2D eigenvalue weighted by atomic mass is 9.99. The average Bonchev–Trinajstić information content (AvgIpc) is 2.31. The van der Waals surface area contributed by atoms with Crippen LogP contribution in [0.3, 0.4) is 0 Å². The Balaban J connectivity index is 2.66. The van der Waals surface area contributed by atoms with Crippen LogP contribution in [0.5, 0.6) is 0 Å². The predicted molar refractivity (Wildman–Crippen MR) is 70.5 cm³/mol. The van der Waals surface area contributed by atoms with Gasteiger partial charge in [-0.1, -0.05) is 25.8 Å². The number of aryl methyl sites for hydroxylation is 1. The molecule has 0 aliphatic carbocycles. The molecule has 0 atom stereocenters. The molecule has 0 radical (unpaired) electrons. The number of rotatable bonds is 5. The van der Waals surface area contributed by atoms with E-state index >= 15 is 0 Å². The monoisotopic (exact) mass is 234 g/mol. The van der Waals surface area contributed by atoms with Gasteiger partial charge in [0.2, 0.25) is 0 Å². The number of unbranched alkanes of at least 4 members (excludes halogenated alkanes) is 2. The lowest BCUT2D eigenvalue weighted by Gasteiger charge is -2.10. The van der Waals surface area contributed by atoms with Gasteiger partial charge in [-0.2, -0.15) is 0 Å². The first-order chi connectivity index (χ1) is 8.07. The largest absolute Gasteiger partial charge is 0.462 e. The zero-order valence-corrected chi connectivity index (χ0v) is 11.3. The quantitative estimate of drug-likeness (QED) is 0.569. The van der Waals surface area contributed by atoms with E-state index in [1.54, 1.807) is 0 Å². The maximum absolute atomic E-state index is 11.9. The highest BCUT2D eigenvalue weighted by Gasteiger charge is 2.12. The highest BCUT2D eigenvalue weighted by molar-refractivity contribution is 5.91. The van der Waals surface area contributed by atoms with Crippen LogP contribution in [0.15, 0.2) is 12.1 Å². The van der Waals surface area contributed by atoms with Crippen molar-refractivity contribution in [1.82, 2.24) is 0 Å². The molecule has 0 heterocycles. The van der Waals surface area contributed by atoms with Crippen LogP contribution in [0.4, 0.5) is 0 Å². The van der Waals surface area contributed by atoms with Gasteiger partial charge in [-0.3, -0.25) is 0 Å². The number of hydrogen-bond acceptors (Lipinski definition) is 2. The van der Waals surface area contributed by atoms with Crippen molar-refractivity contribution in [3.05, 3.63) is 34.4 Å². The van der Waals surface area contributed by atoms with E-state index < -0.39 is 0 Å². The Bertz CT molecular complexity index is 394. The van der Waals surface area contributed by atoms with Crippen LogP contribution in [0.25, 0.3) is 0 Å². The summed E-state index contributed by atoms with van der Waals surface area (Å²) in [6, 6.07) is 3.84. The van der Waals surface area contributed by atoms with E-state index in [1.807, 2.05) is 26.0 Å². The second-order valence-electron chi connectivity index (χ2n) is 4.52. The van der Waals surface area contributed by atoms with Crippen molar-refractivity contribution in [1.29, 1.82) is 0 Å². The molecule has 0 saturated heterocycles. The Hall–Kier alpha value is -1.31. The molecule has 0 aliphatic heterocycles. The van der Waals surface area contributed by atoms with Gasteiger partial charge in [0.25, 0.3) is 0 Å². The average molecular weight is 234 g/mol. The first-order valence-electron chi connectivity index (χ1n) is 6.31. The molecular weight excluding hydrogens is 212 g/mol. The van der Waals surface area contributed by atoms with Crippen molar-refractivity contribution >= 4 is 5.97 Å². The lowest BCUT2D eigenvalue weighted by molar-refractivity contribution is 0.0497. The van der Waals surface area contributed by atoms with Crippen LogP contribution in [0.2, 0.25) is 0 Å². The van der Waals surface area contributed by atoms with Crippen LogP contribution in [-0.4, -0.2) is 12.6 Å². The number of hydrogen-bond donors (Lipinski definition) is 0. The van der Waals surface area contributed by atoms with Gasteiger partial charge in [-0.05, 0) is 49.9 Å². The molecule has 0 amide bonds. The molecule has 0 fully saturated rings. The van der Waals surface area contributed by atoms with Crippen LogP contribution in [-0.2, 0) is 4.74 Å². The van der Waals surface area contributed by atoms with E-state index in [9.17, 15) is 4.79 Å². The fraction of sp³-hybridized carbons (Fsp3) is 0.533. The third-order valence-corrected chi connectivity index (χ3v) is 3.26. The number of carbonyl (C=O) groups is 1. The first-order valence-corrected chi connectivity index (χ1v) is 6.31. The van der Waals surface area contributed by atoms with Crippen molar-refractivity contribution < 1.29 is 9.53 Å². The third-order valence-electron chi connectivity index (χ3n) is 3.26. The second-order valence-corrected chi connectivity index (χ2v) is 4.52. The van der Waals surface area contributed by atoms with Crippen molar-refractivity contribution in [3.8, 4) is 0 Å². The minimum Gasteiger partial charge on any atom is -0.462 e. The van der Waals surface area contributed by atoms with Crippen LogP contribution in [0, 0.1) is 20.8 Å². The van der Waals surface area contributed by atoms with E-state index in [0.29, 0.717) is 12.2 Å². The van der Waals surface area contributed by atoms with Gasteiger partial charge in [0.1, 0.15) is 0 Å². The SMILES string of the molecule is CCCCCOC(=O)c1ccc(C)c(C)c1C. The lowest BCUT2D eigenvalue weighted by Crippen LogP contribution is -2.09. The molecule has 0 bridgehead atoms. The van der Waals surface area contributed by atoms with Crippen molar-refractivity contribution in [2.75, 3.05) is 6.61 Å². The highest BCUT2D eigenvalue weighted by Crippen LogP contribution is 2.18. The zero-order valence-electron chi connectivity index (χ0n) is 11.3. The summed E-state index contributed by atoms with van der Waals surface area (Å²) in [6.45, 7) is 8.73. The molecule has 0 aromatic heterocycles. The molecule has 0 spiro atoms. The van der Waals surface area contributed by atoms with Gasteiger partial charge < -0.3 is 4.74 Å². The molecule has 94 valence electrons. The second kappa shape index (κ2) is 6.43. The van der Waals surface area contributed by atoms with Crippen LogP contribution < -0.4 is 0 Å². The summed E-state index contributed by atoms with van der Waals surface area (Å²) in [4.78, 5) is 11.9. The van der Waals surface area contributed by atoms with Crippen molar-refractivity contribution in [2.24, 2.45) is 0 Å². The van der Waals surface area contributed by atoms with Crippen LogP contribution >= 0.6 is 0 Å². The molecule has 1 aromatic rings. The predicted octanol–water partition coefficient (Wildman–Crippen LogP) is 3.96. The van der Waals surface area contributed by atoms with Gasteiger partial charge in [0.05, 0.1) is 12.2 Å². The fourth-order valence-electron chi connectivity index (χ4n) is 1.77. The third kappa shape index (κ3) is 3.58. The normalized spacial score (nSPS) is 10.4. The molecule has 0 saturated carbocycles. The number of esters is 1. The van der Waals surface area contributed by atoms with Gasteiger partial charge in [0, 0.05) is 0 Å². The molecule has 1 rings (SSSR count). The molecule has 2 nitrogen and oxygen atoms in total. The van der Waals surface area contributed by atoms with E-state index in [4.69, 9.17) is 4.74 Å². The Morgan fingerprint density at radius 3 is 2.47 bits per heavy atom. The minimum atomic E-state index is -0.193. The summed E-state index contributed by atoms with van der Waals surface area (Å²) >= 11 is 0. The highest BCUT2D eigenvalue weighted by atomic mass is 16.5. The Labute approximate surface area is 104 Å². The molecule has 0 unspecified atom stereocenters. The maximum Gasteiger partial charge on any atom is 0.338 e. The van der Waals surface area contributed by atoms with E-state index in [-0.39, 0.29) is 5.97 Å². The summed E-state index contributed by atoms with van der Waals surface area (Å²) in [5.74, 6) is -0.193. The van der Waals surface area contributed by atoms with E-state index in [1.165, 1.54) is 11.1 Å². The summed E-state index contributed by atoms with van der Waals surface area (Å²) < 4.78 is 5.27. The number of carbonyl (C=O) groups excluding carboxylic acids is 1. The van der Waals surface area contributed by atoms with Gasteiger partial charge in [0.15, 0.2) is 0 Å². The molecule has 2 heteroatoms. The summed E-state index contributed by atoms with van der Waals surface area (Å²) in [6.07, 6.45) is 3.20. The maximum atomic E-state index is 11.9. The van der Waals surface area contributed by atoms with E-state index in [0.717, 1.165) is 24.8 Å². The standard InChI is InChI=1S/C15H22O2/c1-5-6-7-10-17-15(16)14-9-8-11(2)12(3)13(14)4/h8-9H,5-7,10H2,1-4H3. The summed E-state index contributed by atoms with van der Waals surface area (Å²) in [5.41, 5.74) is 4.12. The summed E-state index contributed by atoms with van der Waals surface area (Å²) in [7, 11) is 0. The Morgan fingerprint density at radius 1 is 1.12 bits per heavy atom. The minimum absolute atomic E-state index is 0.193.